The number of rotatable bonds is 4. The number of hydrogen-bond donors (Lipinski definition) is 2. The Labute approximate surface area is 131 Å². The fourth-order valence-electron chi connectivity index (χ4n) is 2.70. The van der Waals surface area contributed by atoms with Gasteiger partial charge >= 0.3 is 0 Å². The van der Waals surface area contributed by atoms with Crippen LogP contribution in [-0.4, -0.2) is 33.0 Å². The van der Waals surface area contributed by atoms with Gasteiger partial charge in [0.05, 0.1) is 27.6 Å². The molecule has 0 radical (unpaired) electrons. The molecular weight excluding hydrogens is 306 g/mol. The van der Waals surface area contributed by atoms with Crippen LogP contribution >= 0.6 is 0 Å². The Morgan fingerprint density at radius 2 is 1.78 bits per heavy atom. The molecule has 1 aliphatic rings. The lowest BCUT2D eigenvalue weighted by atomic mass is 9.92. The summed E-state index contributed by atoms with van der Waals surface area (Å²) in [5.41, 5.74) is -0.930. The summed E-state index contributed by atoms with van der Waals surface area (Å²) in [7, 11) is 0. The molecule has 0 spiro atoms. The van der Waals surface area contributed by atoms with E-state index < -0.39 is 27.1 Å². The van der Waals surface area contributed by atoms with Gasteiger partial charge in [0.25, 0.3) is 17.3 Å². The van der Waals surface area contributed by atoms with Crippen molar-refractivity contribution in [2.75, 3.05) is 0 Å². The third kappa shape index (κ3) is 3.81. The van der Waals surface area contributed by atoms with Gasteiger partial charge in [-0.15, -0.1) is 0 Å². The molecule has 23 heavy (non-hydrogen) atoms. The van der Waals surface area contributed by atoms with Gasteiger partial charge in [0.15, 0.2) is 0 Å². The number of nitrogens with zero attached hydrogens (tertiary/aromatic N) is 2. The second-order valence-electron chi connectivity index (χ2n) is 5.63. The molecule has 0 heterocycles. The molecule has 0 bridgehead atoms. The average molecular weight is 323 g/mol. The standard InChI is InChI=1S/C14H17N3O6/c1-8-12(6-10(16(20)21)7-13(8)17(22)23)14(19)15-9-2-4-11(18)5-3-9/h6-7,9,11,18H,2-5H2,1H3,(H,15,19). The van der Waals surface area contributed by atoms with Crippen molar-refractivity contribution in [1.29, 1.82) is 0 Å². The minimum atomic E-state index is -0.764. The second-order valence-corrected chi connectivity index (χ2v) is 5.63. The topological polar surface area (TPSA) is 136 Å². The summed E-state index contributed by atoms with van der Waals surface area (Å²) in [6.07, 6.45) is 1.97. The third-order valence-corrected chi connectivity index (χ3v) is 4.05. The fourth-order valence-corrected chi connectivity index (χ4v) is 2.70. The molecule has 2 rings (SSSR count). The molecule has 1 saturated carbocycles. The Bertz CT molecular complexity index is 652. The zero-order chi connectivity index (χ0) is 17.1. The van der Waals surface area contributed by atoms with Gasteiger partial charge in [0.2, 0.25) is 0 Å². The van der Waals surface area contributed by atoms with Gasteiger partial charge in [-0.25, -0.2) is 0 Å². The molecule has 1 fully saturated rings. The first-order valence-corrected chi connectivity index (χ1v) is 7.22. The first kappa shape index (κ1) is 16.8. The van der Waals surface area contributed by atoms with Gasteiger partial charge in [0, 0.05) is 17.7 Å². The average Bonchev–Trinajstić information content (AvgIpc) is 2.49. The highest BCUT2D eigenvalue weighted by atomic mass is 16.6. The van der Waals surface area contributed by atoms with E-state index in [1.807, 2.05) is 0 Å². The number of aliphatic hydroxyl groups is 1. The number of nitro benzene ring substituents is 2. The van der Waals surface area contributed by atoms with E-state index in [-0.39, 0.29) is 23.3 Å². The maximum atomic E-state index is 12.3. The van der Waals surface area contributed by atoms with Gasteiger partial charge < -0.3 is 10.4 Å². The van der Waals surface area contributed by atoms with Crippen LogP contribution in [0.1, 0.15) is 41.6 Å². The van der Waals surface area contributed by atoms with Crippen molar-refractivity contribution < 1.29 is 19.7 Å². The molecule has 1 aromatic rings. The van der Waals surface area contributed by atoms with E-state index in [4.69, 9.17) is 0 Å². The minimum absolute atomic E-state index is 0.0722. The lowest BCUT2D eigenvalue weighted by Crippen LogP contribution is -2.38. The van der Waals surface area contributed by atoms with Crippen LogP contribution < -0.4 is 5.32 Å². The van der Waals surface area contributed by atoms with Crippen LogP contribution in [0, 0.1) is 27.2 Å². The summed E-state index contributed by atoms with van der Waals surface area (Å²) in [6, 6.07) is 1.75. The van der Waals surface area contributed by atoms with E-state index in [1.54, 1.807) is 0 Å². The molecule has 1 aliphatic carbocycles. The van der Waals surface area contributed by atoms with Crippen molar-refractivity contribution in [1.82, 2.24) is 5.32 Å². The highest BCUT2D eigenvalue weighted by molar-refractivity contribution is 5.97. The fraction of sp³-hybridized carbons (Fsp3) is 0.500. The third-order valence-electron chi connectivity index (χ3n) is 4.05. The predicted octanol–water partition coefficient (Wildman–Crippen LogP) is 1.84. The number of carbonyl (C=O) groups is 1. The van der Waals surface area contributed by atoms with Gasteiger partial charge in [-0.3, -0.25) is 25.0 Å². The number of aliphatic hydroxyl groups excluding tert-OH is 1. The number of nitrogens with one attached hydrogen (secondary N) is 1. The lowest BCUT2D eigenvalue weighted by Gasteiger charge is -2.26. The molecule has 9 nitrogen and oxygen atoms in total. The first-order valence-electron chi connectivity index (χ1n) is 7.22. The molecule has 1 aromatic carbocycles. The summed E-state index contributed by atoms with van der Waals surface area (Å²) in [6.45, 7) is 1.39. The van der Waals surface area contributed by atoms with Crippen LogP contribution in [0.15, 0.2) is 12.1 Å². The molecule has 0 aromatic heterocycles. The van der Waals surface area contributed by atoms with Crippen molar-refractivity contribution in [3.63, 3.8) is 0 Å². The molecule has 2 N–H and O–H groups in total. The van der Waals surface area contributed by atoms with Crippen molar-refractivity contribution >= 4 is 17.3 Å². The quantitative estimate of drug-likeness (QED) is 0.641. The van der Waals surface area contributed by atoms with Gasteiger partial charge in [-0.1, -0.05) is 0 Å². The number of benzene rings is 1. The van der Waals surface area contributed by atoms with Crippen LogP contribution in [-0.2, 0) is 0 Å². The molecular formula is C14H17N3O6. The number of carbonyl (C=O) groups excluding carboxylic acids is 1. The van der Waals surface area contributed by atoms with Crippen molar-refractivity contribution in [3.05, 3.63) is 43.5 Å². The largest absolute Gasteiger partial charge is 0.393 e. The summed E-state index contributed by atoms with van der Waals surface area (Å²) in [5.74, 6) is -0.573. The minimum Gasteiger partial charge on any atom is -0.393 e. The Morgan fingerprint density at radius 1 is 1.17 bits per heavy atom. The summed E-state index contributed by atoms with van der Waals surface area (Å²) in [5, 5.41) is 34.1. The molecule has 0 aliphatic heterocycles. The molecule has 0 saturated heterocycles. The van der Waals surface area contributed by atoms with E-state index in [0.717, 1.165) is 12.1 Å². The molecule has 124 valence electrons. The van der Waals surface area contributed by atoms with Crippen molar-refractivity contribution in [3.8, 4) is 0 Å². The number of nitro groups is 2. The maximum absolute atomic E-state index is 12.3. The van der Waals surface area contributed by atoms with Crippen molar-refractivity contribution in [2.24, 2.45) is 0 Å². The number of non-ortho nitro benzene ring substituents is 1. The molecule has 0 unspecified atom stereocenters. The van der Waals surface area contributed by atoms with Gasteiger partial charge in [-0.05, 0) is 32.6 Å². The van der Waals surface area contributed by atoms with Crippen molar-refractivity contribution in [2.45, 2.75) is 44.8 Å². The normalized spacial score (nSPS) is 20.8. The summed E-state index contributed by atoms with van der Waals surface area (Å²) in [4.78, 5) is 32.8. The zero-order valence-electron chi connectivity index (χ0n) is 12.5. The smallest absolute Gasteiger partial charge is 0.279 e. The van der Waals surface area contributed by atoms with Crippen LogP contribution in [0.3, 0.4) is 0 Å². The van der Waals surface area contributed by atoms with E-state index in [9.17, 15) is 30.1 Å². The second kappa shape index (κ2) is 6.69. The van der Waals surface area contributed by atoms with Crippen LogP contribution in [0.4, 0.5) is 11.4 Å². The Hall–Kier alpha value is -2.55. The van der Waals surface area contributed by atoms with Gasteiger partial charge in [-0.2, -0.15) is 0 Å². The monoisotopic (exact) mass is 323 g/mol. The molecule has 9 heteroatoms. The Kier molecular flexibility index (Phi) is 4.89. The predicted molar refractivity (Wildman–Crippen MR) is 80.2 cm³/mol. The number of amides is 1. The highest BCUT2D eigenvalue weighted by Gasteiger charge is 2.27. The summed E-state index contributed by atoms with van der Waals surface area (Å²) >= 11 is 0. The van der Waals surface area contributed by atoms with Crippen LogP contribution in [0.5, 0.6) is 0 Å². The highest BCUT2D eigenvalue weighted by Crippen LogP contribution is 2.28. The SMILES string of the molecule is Cc1c(C(=O)NC2CCC(O)CC2)cc([N+](=O)[O-])cc1[N+](=O)[O-]. The maximum Gasteiger partial charge on any atom is 0.279 e. The van der Waals surface area contributed by atoms with E-state index in [2.05, 4.69) is 5.32 Å². The number of hydrogen-bond acceptors (Lipinski definition) is 6. The van der Waals surface area contributed by atoms with Crippen LogP contribution in [0.25, 0.3) is 0 Å². The Balaban J connectivity index is 2.28. The molecule has 0 atom stereocenters. The molecule has 1 amide bonds. The Morgan fingerprint density at radius 3 is 2.30 bits per heavy atom. The zero-order valence-corrected chi connectivity index (χ0v) is 12.5. The van der Waals surface area contributed by atoms with Gasteiger partial charge in [0.1, 0.15) is 0 Å². The first-order chi connectivity index (χ1) is 10.8. The lowest BCUT2D eigenvalue weighted by molar-refractivity contribution is -0.394. The van der Waals surface area contributed by atoms with E-state index >= 15 is 0 Å². The van der Waals surface area contributed by atoms with E-state index in [0.29, 0.717) is 25.7 Å². The summed E-state index contributed by atoms with van der Waals surface area (Å²) < 4.78 is 0. The van der Waals surface area contributed by atoms with E-state index in [1.165, 1.54) is 6.92 Å². The van der Waals surface area contributed by atoms with Crippen LogP contribution in [0.2, 0.25) is 0 Å².